The Morgan fingerprint density at radius 2 is 1.46 bits per heavy atom. The summed E-state index contributed by atoms with van der Waals surface area (Å²) < 4.78 is 5.04. The van der Waals surface area contributed by atoms with Crippen LogP contribution in [0.4, 0.5) is 16.2 Å². The molecule has 8 heteroatoms. The van der Waals surface area contributed by atoms with Gasteiger partial charge in [0.05, 0.1) is 6.26 Å². The number of amides is 4. The Labute approximate surface area is 160 Å². The van der Waals surface area contributed by atoms with Crippen LogP contribution in [0.25, 0.3) is 0 Å². The fourth-order valence-electron chi connectivity index (χ4n) is 2.44. The van der Waals surface area contributed by atoms with Gasteiger partial charge in [-0.1, -0.05) is 12.1 Å². The predicted molar refractivity (Wildman–Crippen MR) is 104 cm³/mol. The maximum Gasteiger partial charge on any atom is 0.316 e. The van der Waals surface area contributed by atoms with E-state index in [1.54, 1.807) is 60.7 Å². The molecular formula is C20H18N4O4. The number of hydrogen-bond acceptors (Lipinski definition) is 4. The van der Waals surface area contributed by atoms with Crippen LogP contribution in [0.2, 0.25) is 0 Å². The summed E-state index contributed by atoms with van der Waals surface area (Å²) in [5, 5.41) is 7.95. The molecule has 0 radical (unpaired) electrons. The Kier molecular flexibility index (Phi) is 5.71. The quantitative estimate of drug-likeness (QED) is 0.526. The second-order valence-corrected chi connectivity index (χ2v) is 5.88. The first-order valence-corrected chi connectivity index (χ1v) is 8.40. The van der Waals surface area contributed by atoms with Gasteiger partial charge in [0.1, 0.15) is 0 Å². The van der Waals surface area contributed by atoms with Crippen molar-refractivity contribution in [1.82, 2.24) is 5.32 Å². The number of carbonyl (C=O) groups excluding carboxylic acids is 3. The molecule has 0 unspecified atom stereocenters. The van der Waals surface area contributed by atoms with Crippen molar-refractivity contribution in [3.63, 3.8) is 0 Å². The topological polar surface area (TPSA) is 126 Å². The van der Waals surface area contributed by atoms with Crippen LogP contribution in [0, 0.1) is 0 Å². The highest BCUT2D eigenvalue weighted by Gasteiger charge is 2.09. The van der Waals surface area contributed by atoms with E-state index >= 15 is 0 Å². The zero-order valence-electron chi connectivity index (χ0n) is 14.8. The van der Waals surface area contributed by atoms with Gasteiger partial charge < -0.3 is 26.1 Å². The molecule has 1 aromatic heterocycles. The summed E-state index contributed by atoms with van der Waals surface area (Å²) in [7, 11) is 0. The first kappa shape index (κ1) is 18.7. The highest BCUT2D eigenvalue weighted by atomic mass is 16.3. The molecule has 0 fully saturated rings. The van der Waals surface area contributed by atoms with Gasteiger partial charge >= 0.3 is 6.03 Å². The molecule has 2 aromatic carbocycles. The third-order valence-electron chi connectivity index (χ3n) is 3.82. The minimum atomic E-state index is -0.666. The lowest BCUT2D eigenvalue weighted by molar-refractivity contribution is 0.0950. The minimum absolute atomic E-state index is 0.230. The lowest BCUT2D eigenvalue weighted by Crippen LogP contribution is -2.23. The van der Waals surface area contributed by atoms with Crippen LogP contribution >= 0.6 is 0 Å². The average molecular weight is 378 g/mol. The Bertz CT molecular complexity index is 964. The molecule has 0 aliphatic carbocycles. The van der Waals surface area contributed by atoms with E-state index in [2.05, 4.69) is 16.0 Å². The van der Waals surface area contributed by atoms with Crippen molar-refractivity contribution in [2.45, 2.75) is 6.54 Å². The van der Waals surface area contributed by atoms with Crippen LogP contribution in [0.1, 0.15) is 26.5 Å². The normalized spacial score (nSPS) is 10.1. The third kappa shape index (κ3) is 4.98. The largest absolute Gasteiger partial charge is 0.459 e. The number of nitrogens with one attached hydrogen (secondary N) is 3. The molecule has 4 amide bonds. The molecular weight excluding hydrogens is 360 g/mol. The molecule has 3 rings (SSSR count). The number of anilines is 2. The lowest BCUT2D eigenvalue weighted by atomic mass is 10.1. The average Bonchev–Trinajstić information content (AvgIpc) is 3.22. The Morgan fingerprint density at radius 1 is 0.821 bits per heavy atom. The lowest BCUT2D eigenvalue weighted by Gasteiger charge is -2.08. The van der Waals surface area contributed by atoms with E-state index in [0.29, 0.717) is 23.5 Å². The van der Waals surface area contributed by atoms with Crippen molar-refractivity contribution < 1.29 is 18.8 Å². The van der Waals surface area contributed by atoms with Crippen LogP contribution in [0.3, 0.4) is 0 Å². The summed E-state index contributed by atoms with van der Waals surface area (Å²) in [5.41, 5.74) is 7.50. The van der Waals surface area contributed by atoms with E-state index in [9.17, 15) is 14.4 Å². The highest BCUT2D eigenvalue weighted by molar-refractivity contribution is 6.02. The van der Waals surface area contributed by atoms with Crippen LogP contribution in [-0.2, 0) is 6.54 Å². The van der Waals surface area contributed by atoms with E-state index in [1.807, 2.05) is 0 Å². The molecule has 0 saturated carbocycles. The van der Waals surface area contributed by atoms with Crippen LogP contribution in [0.5, 0.6) is 0 Å². The maximum atomic E-state index is 12.2. The number of carbonyl (C=O) groups is 3. The molecule has 0 aliphatic heterocycles. The first-order chi connectivity index (χ1) is 13.5. The van der Waals surface area contributed by atoms with E-state index in [0.717, 1.165) is 5.56 Å². The van der Waals surface area contributed by atoms with Gasteiger partial charge in [-0.25, -0.2) is 4.79 Å². The Hall–Kier alpha value is -4.07. The van der Waals surface area contributed by atoms with Gasteiger partial charge in [-0.2, -0.15) is 0 Å². The van der Waals surface area contributed by atoms with Crippen molar-refractivity contribution in [1.29, 1.82) is 0 Å². The van der Waals surface area contributed by atoms with Gasteiger partial charge in [0, 0.05) is 23.5 Å². The zero-order valence-corrected chi connectivity index (χ0v) is 14.8. The van der Waals surface area contributed by atoms with Gasteiger partial charge in [-0.3, -0.25) is 9.59 Å². The van der Waals surface area contributed by atoms with E-state index in [4.69, 9.17) is 10.2 Å². The number of rotatable bonds is 6. The van der Waals surface area contributed by atoms with Crippen LogP contribution in [-0.4, -0.2) is 17.8 Å². The van der Waals surface area contributed by atoms with Gasteiger partial charge in [-0.15, -0.1) is 0 Å². The summed E-state index contributed by atoms with van der Waals surface area (Å²) in [6, 6.07) is 16.0. The van der Waals surface area contributed by atoms with Gasteiger partial charge in [-0.05, 0) is 54.1 Å². The third-order valence-corrected chi connectivity index (χ3v) is 3.82. The summed E-state index contributed by atoms with van der Waals surface area (Å²) in [6.07, 6.45) is 1.43. The summed E-state index contributed by atoms with van der Waals surface area (Å²) in [6.45, 7) is 0.326. The molecule has 142 valence electrons. The van der Waals surface area contributed by atoms with Crippen molar-refractivity contribution in [3.8, 4) is 0 Å². The fourth-order valence-corrected chi connectivity index (χ4v) is 2.44. The number of primary amides is 1. The highest BCUT2D eigenvalue weighted by Crippen LogP contribution is 2.13. The molecule has 0 saturated heterocycles. The molecule has 8 nitrogen and oxygen atoms in total. The summed E-state index contributed by atoms with van der Waals surface area (Å²) in [5.74, 6) is -0.352. The van der Waals surface area contributed by atoms with Crippen LogP contribution < -0.4 is 21.7 Å². The molecule has 0 atom stereocenters. The number of hydrogen-bond donors (Lipinski definition) is 4. The van der Waals surface area contributed by atoms with Crippen molar-refractivity contribution in [2.75, 3.05) is 10.6 Å². The molecule has 5 N–H and O–H groups in total. The number of urea groups is 1. The van der Waals surface area contributed by atoms with Gasteiger partial charge in [0.2, 0.25) is 0 Å². The van der Waals surface area contributed by atoms with Gasteiger partial charge in [0.25, 0.3) is 11.8 Å². The Morgan fingerprint density at radius 3 is 2.07 bits per heavy atom. The number of furan rings is 1. The number of benzene rings is 2. The zero-order chi connectivity index (χ0) is 19.9. The Balaban J connectivity index is 1.52. The molecule has 28 heavy (non-hydrogen) atoms. The summed E-state index contributed by atoms with van der Waals surface area (Å²) >= 11 is 0. The second-order valence-electron chi connectivity index (χ2n) is 5.88. The molecule has 0 bridgehead atoms. The smallest absolute Gasteiger partial charge is 0.316 e. The first-order valence-electron chi connectivity index (χ1n) is 8.40. The second kappa shape index (κ2) is 8.54. The maximum absolute atomic E-state index is 12.2. The van der Waals surface area contributed by atoms with Crippen molar-refractivity contribution in [3.05, 3.63) is 83.8 Å². The minimum Gasteiger partial charge on any atom is -0.459 e. The fraction of sp³-hybridized carbons (Fsp3) is 0.0500. The van der Waals surface area contributed by atoms with Crippen LogP contribution in [0.15, 0.2) is 71.3 Å². The SMILES string of the molecule is NC(=O)Nc1ccc(C(=O)NCc2ccc(NC(=O)c3ccco3)cc2)cc1. The van der Waals surface area contributed by atoms with Gasteiger partial charge in [0.15, 0.2) is 5.76 Å². The molecule has 0 aliphatic rings. The van der Waals surface area contributed by atoms with Crippen molar-refractivity contribution >= 4 is 29.2 Å². The predicted octanol–water partition coefficient (Wildman–Crippen LogP) is 2.95. The number of nitrogens with two attached hydrogens (primary N) is 1. The standard InChI is InChI=1S/C20H18N4O4/c21-20(27)24-16-9-5-14(6-10-16)18(25)22-12-13-3-7-15(8-4-13)23-19(26)17-2-1-11-28-17/h1-11H,12H2,(H,22,25)(H,23,26)(H3,21,24,27). The van der Waals surface area contributed by atoms with E-state index < -0.39 is 6.03 Å². The van der Waals surface area contributed by atoms with E-state index in [-0.39, 0.29) is 17.6 Å². The molecule has 0 spiro atoms. The monoisotopic (exact) mass is 378 g/mol. The van der Waals surface area contributed by atoms with Crippen molar-refractivity contribution in [2.24, 2.45) is 5.73 Å². The molecule has 1 heterocycles. The summed E-state index contributed by atoms with van der Waals surface area (Å²) in [4.78, 5) is 34.9. The molecule has 3 aromatic rings. The van der Waals surface area contributed by atoms with E-state index in [1.165, 1.54) is 6.26 Å².